The topological polar surface area (TPSA) is 69.6 Å². The summed E-state index contributed by atoms with van der Waals surface area (Å²) in [4.78, 5) is 0. The van der Waals surface area contributed by atoms with E-state index in [1.54, 1.807) is 0 Å². The molecular weight excluding hydrogens is 154 g/mol. The molecule has 68 valence electrons. The Hall–Kier alpha value is -0.970. The van der Waals surface area contributed by atoms with E-state index in [1.807, 2.05) is 4.68 Å². The van der Waals surface area contributed by atoms with Gasteiger partial charge >= 0.3 is 0 Å². The Morgan fingerprint density at radius 2 is 2.33 bits per heavy atom. The van der Waals surface area contributed by atoms with Gasteiger partial charge in [0.1, 0.15) is 0 Å². The molecule has 5 heteroatoms. The van der Waals surface area contributed by atoms with Crippen molar-refractivity contribution in [2.45, 2.75) is 32.7 Å². The minimum Gasteiger partial charge on any atom is -0.330 e. The van der Waals surface area contributed by atoms with E-state index in [4.69, 9.17) is 5.73 Å². The average Bonchev–Trinajstić information content (AvgIpc) is 2.50. The molecule has 1 aromatic rings. The normalized spacial score (nSPS) is 10.5. The molecule has 0 saturated heterocycles. The summed E-state index contributed by atoms with van der Waals surface area (Å²) in [7, 11) is 0. The van der Waals surface area contributed by atoms with E-state index in [2.05, 4.69) is 22.4 Å². The first kappa shape index (κ1) is 9.12. The number of aryl methyl sites for hydroxylation is 2. The van der Waals surface area contributed by atoms with Crippen molar-refractivity contribution >= 4 is 0 Å². The van der Waals surface area contributed by atoms with Crippen LogP contribution in [-0.2, 0) is 13.0 Å². The van der Waals surface area contributed by atoms with Crippen molar-refractivity contribution in [2.24, 2.45) is 5.73 Å². The maximum absolute atomic E-state index is 5.39. The second-order valence-electron chi connectivity index (χ2n) is 2.71. The fourth-order valence-corrected chi connectivity index (χ4v) is 1.05. The molecule has 2 N–H and O–H groups in total. The number of hydrogen-bond acceptors (Lipinski definition) is 4. The van der Waals surface area contributed by atoms with E-state index in [0.29, 0.717) is 6.54 Å². The molecule has 0 amide bonds. The Balaban J connectivity index is 2.51. The maximum Gasteiger partial charge on any atom is 0.151 e. The zero-order valence-corrected chi connectivity index (χ0v) is 7.40. The van der Waals surface area contributed by atoms with E-state index < -0.39 is 0 Å². The second kappa shape index (κ2) is 4.82. The molecule has 0 fully saturated rings. The predicted octanol–water partition coefficient (Wildman–Crippen LogP) is -0.0256. The molecule has 1 aromatic heterocycles. The first-order valence-electron chi connectivity index (χ1n) is 4.33. The summed E-state index contributed by atoms with van der Waals surface area (Å²) >= 11 is 0. The fourth-order valence-electron chi connectivity index (χ4n) is 1.05. The van der Waals surface area contributed by atoms with Crippen LogP contribution < -0.4 is 5.73 Å². The van der Waals surface area contributed by atoms with Crippen LogP contribution in [0.3, 0.4) is 0 Å². The van der Waals surface area contributed by atoms with Gasteiger partial charge in [0.05, 0.1) is 0 Å². The molecule has 0 atom stereocenters. The Labute approximate surface area is 71.9 Å². The summed E-state index contributed by atoms with van der Waals surface area (Å²) < 4.78 is 1.84. The molecule has 0 aliphatic heterocycles. The maximum atomic E-state index is 5.39. The van der Waals surface area contributed by atoms with E-state index in [-0.39, 0.29) is 0 Å². The van der Waals surface area contributed by atoms with Gasteiger partial charge in [0, 0.05) is 13.0 Å². The molecule has 0 aliphatic carbocycles. The lowest BCUT2D eigenvalue weighted by Gasteiger charge is -2.00. The SMILES string of the molecule is CCCn1nnnc1CCCN. The highest BCUT2D eigenvalue weighted by Gasteiger charge is 2.02. The van der Waals surface area contributed by atoms with Crippen LogP contribution >= 0.6 is 0 Å². The summed E-state index contributed by atoms with van der Waals surface area (Å²) in [5, 5.41) is 11.4. The average molecular weight is 169 g/mol. The van der Waals surface area contributed by atoms with E-state index >= 15 is 0 Å². The molecule has 12 heavy (non-hydrogen) atoms. The lowest BCUT2D eigenvalue weighted by Crippen LogP contribution is -2.08. The zero-order chi connectivity index (χ0) is 8.81. The van der Waals surface area contributed by atoms with Crippen molar-refractivity contribution in [3.8, 4) is 0 Å². The van der Waals surface area contributed by atoms with Gasteiger partial charge in [0.25, 0.3) is 0 Å². The monoisotopic (exact) mass is 169 g/mol. The molecule has 0 aliphatic rings. The summed E-state index contributed by atoms with van der Waals surface area (Å²) in [5.74, 6) is 0.947. The van der Waals surface area contributed by atoms with Crippen molar-refractivity contribution in [1.82, 2.24) is 20.2 Å². The molecule has 1 heterocycles. The highest BCUT2D eigenvalue weighted by Crippen LogP contribution is 1.97. The number of rotatable bonds is 5. The molecule has 0 saturated carbocycles. The van der Waals surface area contributed by atoms with Crippen molar-refractivity contribution < 1.29 is 0 Å². The lowest BCUT2D eigenvalue weighted by molar-refractivity contribution is 0.550. The van der Waals surface area contributed by atoms with Crippen LogP contribution in [0.1, 0.15) is 25.6 Å². The van der Waals surface area contributed by atoms with Gasteiger partial charge in [-0.2, -0.15) is 0 Å². The first-order valence-corrected chi connectivity index (χ1v) is 4.33. The molecule has 5 nitrogen and oxygen atoms in total. The van der Waals surface area contributed by atoms with Gasteiger partial charge < -0.3 is 5.73 Å². The summed E-state index contributed by atoms with van der Waals surface area (Å²) in [6.45, 7) is 3.69. The molecule has 0 aromatic carbocycles. The number of aromatic nitrogens is 4. The third-order valence-corrected chi connectivity index (χ3v) is 1.65. The molecule has 0 radical (unpaired) electrons. The summed E-state index contributed by atoms with van der Waals surface area (Å²) in [6, 6.07) is 0. The minimum atomic E-state index is 0.693. The predicted molar refractivity (Wildman–Crippen MR) is 45.5 cm³/mol. The van der Waals surface area contributed by atoms with Gasteiger partial charge in [-0.05, 0) is 29.8 Å². The van der Waals surface area contributed by atoms with Crippen LogP contribution in [0.4, 0.5) is 0 Å². The molecule has 0 bridgehead atoms. The van der Waals surface area contributed by atoms with Crippen molar-refractivity contribution in [3.05, 3.63) is 5.82 Å². The Kier molecular flexibility index (Phi) is 3.66. The molecule has 0 unspecified atom stereocenters. The van der Waals surface area contributed by atoms with E-state index in [0.717, 1.165) is 31.6 Å². The standard InChI is InChI=1S/C7H15N5/c1-2-6-12-7(4-3-5-8)9-10-11-12/h2-6,8H2,1H3. The first-order chi connectivity index (χ1) is 5.88. The van der Waals surface area contributed by atoms with Crippen LogP contribution in [0, 0.1) is 0 Å². The summed E-state index contributed by atoms with van der Waals surface area (Å²) in [5.41, 5.74) is 5.39. The van der Waals surface area contributed by atoms with Gasteiger partial charge in [-0.1, -0.05) is 6.92 Å². The van der Waals surface area contributed by atoms with Gasteiger partial charge in [-0.15, -0.1) is 5.10 Å². The number of tetrazole rings is 1. The molecular formula is C7H15N5. The molecule has 0 spiro atoms. The third-order valence-electron chi connectivity index (χ3n) is 1.65. The highest BCUT2D eigenvalue weighted by atomic mass is 15.5. The van der Waals surface area contributed by atoms with Crippen LogP contribution in [0.15, 0.2) is 0 Å². The smallest absolute Gasteiger partial charge is 0.151 e. The quantitative estimate of drug-likeness (QED) is 0.672. The largest absolute Gasteiger partial charge is 0.330 e. The third kappa shape index (κ3) is 2.27. The Morgan fingerprint density at radius 3 is 3.00 bits per heavy atom. The zero-order valence-electron chi connectivity index (χ0n) is 7.40. The van der Waals surface area contributed by atoms with Crippen LogP contribution in [0.2, 0.25) is 0 Å². The minimum absolute atomic E-state index is 0.693. The summed E-state index contributed by atoms with van der Waals surface area (Å²) in [6.07, 6.45) is 2.88. The van der Waals surface area contributed by atoms with Gasteiger partial charge in [-0.25, -0.2) is 4.68 Å². The van der Waals surface area contributed by atoms with E-state index in [1.165, 1.54) is 0 Å². The van der Waals surface area contributed by atoms with Crippen molar-refractivity contribution in [2.75, 3.05) is 6.54 Å². The van der Waals surface area contributed by atoms with Crippen molar-refractivity contribution in [3.63, 3.8) is 0 Å². The van der Waals surface area contributed by atoms with E-state index in [9.17, 15) is 0 Å². The van der Waals surface area contributed by atoms with Gasteiger partial charge in [-0.3, -0.25) is 0 Å². The van der Waals surface area contributed by atoms with Crippen LogP contribution in [-0.4, -0.2) is 26.8 Å². The Bertz CT molecular complexity index is 219. The second-order valence-corrected chi connectivity index (χ2v) is 2.71. The van der Waals surface area contributed by atoms with Gasteiger partial charge in [0.2, 0.25) is 0 Å². The number of nitrogens with zero attached hydrogens (tertiary/aromatic N) is 4. The van der Waals surface area contributed by atoms with Crippen LogP contribution in [0.25, 0.3) is 0 Å². The Morgan fingerprint density at radius 1 is 1.50 bits per heavy atom. The highest BCUT2D eigenvalue weighted by molar-refractivity contribution is 4.80. The van der Waals surface area contributed by atoms with Crippen molar-refractivity contribution in [1.29, 1.82) is 0 Å². The van der Waals surface area contributed by atoms with Gasteiger partial charge in [0.15, 0.2) is 5.82 Å². The fraction of sp³-hybridized carbons (Fsp3) is 0.857. The van der Waals surface area contributed by atoms with Crippen LogP contribution in [0.5, 0.6) is 0 Å². The lowest BCUT2D eigenvalue weighted by atomic mass is 10.3. The molecule has 1 rings (SSSR count). The number of hydrogen-bond donors (Lipinski definition) is 1. The number of nitrogens with two attached hydrogens (primary N) is 1.